The summed E-state index contributed by atoms with van der Waals surface area (Å²) < 4.78 is 0. The third kappa shape index (κ3) is 2.96. The number of nitriles is 1. The van der Waals surface area contributed by atoms with Crippen LogP contribution >= 0.6 is 11.8 Å². The van der Waals surface area contributed by atoms with Crippen LogP contribution in [0, 0.1) is 11.3 Å². The van der Waals surface area contributed by atoms with Crippen LogP contribution in [0.3, 0.4) is 0 Å². The van der Waals surface area contributed by atoms with Gasteiger partial charge in [0.05, 0.1) is 28.2 Å². The molecule has 0 saturated heterocycles. The Balaban J connectivity index is 2.64. The maximum absolute atomic E-state index is 8.72. The number of rotatable bonds is 3. The highest BCUT2D eigenvalue weighted by Crippen LogP contribution is 2.22. The van der Waals surface area contributed by atoms with Crippen LogP contribution in [0.5, 0.6) is 0 Å². The molecule has 0 spiro atoms. The van der Waals surface area contributed by atoms with Gasteiger partial charge in [0.2, 0.25) is 0 Å². The van der Waals surface area contributed by atoms with Gasteiger partial charge < -0.3 is 5.73 Å². The number of anilines is 1. The smallest absolute Gasteiger partial charge is 0.0975 e. The molecule has 2 N–H and O–H groups in total. The van der Waals surface area contributed by atoms with E-state index in [0.29, 0.717) is 5.69 Å². The number of hydrogen-bond donors (Lipinski definition) is 1. The van der Waals surface area contributed by atoms with Crippen LogP contribution in [0.15, 0.2) is 23.4 Å². The van der Waals surface area contributed by atoms with Crippen molar-refractivity contribution < 1.29 is 0 Å². The van der Waals surface area contributed by atoms with Crippen molar-refractivity contribution in [2.45, 2.75) is 23.6 Å². The van der Waals surface area contributed by atoms with Gasteiger partial charge >= 0.3 is 0 Å². The third-order valence-electron chi connectivity index (χ3n) is 1.54. The van der Waals surface area contributed by atoms with Crippen LogP contribution in [0.4, 0.5) is 5.69 Å². The van der Waals surface area contributed by atoms with Gasteiger partial charge in [-0.3, -0.25) is 0 Å². The number of nitrogens with zero attached hydrogens (tertiary/aromatic N) is 2. The zero-order chi connectivity index (χ0) is 9.68. The van der Waals surface area contributed by atoms with E-state index < -0.39 is 0 Å². The fourth-order valence-electron chi connectivity index (χ4n) is 0.808. The second kappa shape index (κ2) is 4.73. The summed E-state index contributed by atoms with van der Waals surface area (Å²) in [6, 6.07) is 5.83. The van der Waals surface area contributed by atoms with Crippen molar-refractivity contribution in [1.29, 1.82) is 5.26 Å². The quantitative estimate of drug-likeness (QED) is 0.746. The molecule has 13 heavy (non-hydrogen) atoms. The Morgan fingerprint density at radius 1 is 1.69 bits per heavy atom. The van der Waals surface area contributed by atoms with E-state index in [4.69, 9.17) is 11.0 Å². The van der Waals surface area contributed by atoms with Crippen LogP contribution in [0.25, 0.3) is 0 Å². The molecule has 1 aromatic rings. The van der Waals surface area contributed by atoms with E-state index >= 15 is 0 Å². The highest BCUT2D eigenvalue weighted by atomic mass is 32.2. The van der Waals surface area contributed by atoms with Gasteiger partial charge in [-0.1, -0.05) is 18.7 Å². The molecule has 1 unspecified atom stereocenters. The van der Waals surface area contributed by atoms with E-state index in [1.54, 1.807) is 12.3 Å². The van der Waals surface area contributed by atoms with Gasteiger partial charge in [0.15, 0.2) is 0 Å². The first-order valence-electron chi connectivity index (χ1n) is 4.04. The molecule has 0 fully saturated rings. The predicted molar refractivity (Wildman–Crippen MR) is 54.2 cm³/mol. The topological polar surface area (TPSA) is 62.7 Å². The molecular weight excluding hydrogens is 182 g/mol. The van der Waals surface area contributed by atoms with E-state index in [-0.39, 0.29) is 5.25 Å². The number of aromatic nitrogens is 1. The van der Waals surface area contributed by atoms with E-state index in [1.165, 1.54) is 11.8 Å². The normalized spacial score (nSPS) is 12.0. The zero-order valence-electron chi connectivity index (χ0n) is 7.40. The summed E-state index contributed by atoms with van der Waals surface area (Å²) >= 11 is 1.47. The van der Waals surface area contributed by atoms with Crippen molar-refractivity contribution in [1.82, 2.24) is 4.98 Å². The molecule has 0 aliphatic heterocycles. The molecule has 0 saturated carbocycles. The van der Waals surface area contributed by atoms with E-state index in [9.17, 15) is 0 Å². The number of pyridine rings is 1. The summed E-state index contributed by atoms with van der Waals surface area (Å²) in [5.41, 5.74) is 6.13. The first kappa shape index (κ1) is 9.87. The van der Waals surface area contributed by atoms with Crippen LogP contribution in [-0.4, -0.2) is 10.2 Å². The van der Waals surface area contributed by atoms with Gasteiger partial charge in [0, 0.05) is 0 Å². The van der Waals surface area contributed by atoms with Crippen LogP contribution in [0.2, 0.25) is 0 Å². The summed E-state index contributed by atoms with van der Waals surface area (Å²) in [5.74, 6) is 0. The van der Waals surface area contributed by atoms with Crippen molar-refractivity contribution in [3.63, 3.8) is 0 Å². The second-order valence-corrected chi connectivity index (χ2v) is 3.80. The Morgan fingerprint density at radius 3 is 2.92 bits per heavy atom. The lowest BCUT2D eigenvalue weighted by Crippen LogP contribution is -1.96. The van der Waals surface area contributed by atoms with E-state index in [1.807, 2.05) is 13.0 Å². The Hall–Kier alpha value is -1.21. The van der Waals surface area contributed by atoms with Crippen LogP contribution < -0.4 is 5.73 Å². The number of nitrogens with two attached hydrogens (primary N) is 1. The summed E-state index contributed by atoms with van der Waals surface area (Å²) in [6.45, 7) is 1.98. The molecular formula is C9H11N3S. The number of hydrogen-bond acceptors (Lipinski definition) is 4. The highest BCUT2D eigenvalue weighted by molar-refractivity contribution is 8.00. The molecule has 1 atom stereocenters. The minimum atomic E-state index is -0.0175. The van der Waals surface area contributed by atoms with Gasteiger partial charge in [-0.05, 0) is 18.6 Å². The van der Waals surface area contributed by atoms with Crippen LogP contribution in [-0.2, 0) is 0 Å². The Labute approximate surface area is 82.0 Å². The van der Waals surface area contributed by atoms with Gasteiger partial charge in [-0.2, -0.15) is 5.26 Å². The second-order valence-electron chi connectivity index (χ2n) is 2.57. The highest BCUT2D eigenvalue weighted by Gasteiger charge is 2.06. The maximum atomic E-state index is 8.72. The molecule has 4 heteroatoms. The van der Waals surface area contributed by atoms with E-state index in [2.05, 4.69) is 11.1 Å². The van der Waals surface area contributed by atoms with Gasteiger partial charge in [-0.25, -0.2) is 4.98 Å². The third-order valence-corrected chi connectivity index (χ3v) is 2.74. The zero-order valence-corrected chi connectivity index (χ0v) is 8.21. The molecule has 1 rings (SSSR count). The molecule has 0 radical (unpaired) electrons. The Morgan fingerprint density at radius 2 is 2.46 bits per heavy atom. The minimum Gasteiger partial charge on any atom is -0.397 e. The van der Waals surface area contributed by atoms with Crippen molar-refractivity contribution in [3.05, 3.63) is 18.3 Å². The molecule has 0 aromatic carbocycles. The molecule has 3 nitrogen and oxygen atoms in total. The lowest BCUT2D eigenvalue weighted by molar-refractivity contribution is 0.977. The Kier molecular flexibility index (Phi) is 3.59. The molecule has 0 bridgehead atoms. The summed E-state index contributed by atoms with van der Waals surface area (Å²) in [4.78, 5) is 4.10. The fraction of sp³-hybridized carbons (Fsp3) is 0.333. The molecule has 1 heterocycles. The van der Waals surface area contributed by atoms with Gasteiger partial charge in [0.25, 0.3) is 0 Å². The maximum Gasteiger partial charge on any atom is 0.0975 e. The molecule has 0 aliphatic rings. The molecule has 0 aliphatic carbocycles. The summed E-state index contributed by atoms with van der Waals surface area (Å²) in [7, 11) is 0. The van der Waals surface area contributed by atoms with Crippen LogP contribution in [0.1, 0.15) is 13.3 Å². The fourth-order valence-corrected chi connectivity index (χ4v) is 1.58. The first-order chi connectivity index (χ1) is 6.26. The van der Waals surface area contributed by atoms with Crippen molar-refractivity contribution in [2.24, 2.45) is 0 Å². The van der Waals surface area contributed by atoms with Crippen molar-refractivity contribution in [2.75, 3.05) is 5.73 Å². The average molecular weight is 193 g/mol. The monoisotopic (exact) mass is 193 g/mol. The Bertz CT molecular complexity index is 302. The summed E-state index contributed by atoms with van der Waals surface area (Å²) in [6.07, 6.45) is 2.43. The SMILES string of the molecule is CCC(C#N)Sc1ccc(N)cn1. The summed E-state index contributed by atoms with van der Waals surface area (Å²) in [5, 5.41) is 9.55. The lowest BCUT2D eigenvalue weighted by atomic mass is 10.4. The lowest BCUT2D eigenvalue weighted by Gasteiger charge is -2.04. The number of thioether (sulfide) groups is 1. The molecule has 68 valence electrons. The predicted octanol–water partition coefficient (Wildman–Crippen LogP) is 2.06. The van der Waals surface area contributed by atoms with Gasteiger partial charge in [-0.15, -0.1) is 0 Å². The average Bonchev–Trinajstić information content (AvgIpc) is 2.17. The van der Waals surface area contributed by atoms with E-state index in [0.717, 1.165) is 11.4 Å². The first-order valence-corrected chi connectivity index (χ1v) is 4.92. The molecule has 1 aromatic heterocycles. The molecule has 0 amide bonds. The van der Waals surface area contributed by atoms with Crippen molar-refractivity contribution >= 4 is 17.4 Å². The van der Waals surface area contributed by atoms with Crippen molar-refractivity contribution in [3.8, 4) is 6.07 Å². The largest absolute Gasteiger partial charge is 0.397 e. The standard InChI is InChI=1S/C9H11N3S/c1-2-8(5-10)13-9-4-3-7(11)6-12-9/h3-4,6,8H,2,11H2,1H3. The van der Waals surface area contributed by atoms with Gasteiger partial charge in [0.1, 0.15) is 0 Å². The minimum absolute atomic E-state index is 0.0175. The number of nitrogen functional groups attached to an aromatic ring is 1.